The summed E-state index contributed by atoms with van der Waals surface area (Å²) in [6.45, 7) is 15.0. The number of rotatable bonds is 12. The van der Waals surface area contributed by atoms with Crippen LogP contribution in [-0.2, 0) is 6.18 Å². The minimum absolute atomic E-state index is 0.299. The highest BCUT2D eigenvalue weighted by molar-refractivity contribution is 5.81. The molecule has 2 rings (SSSR count). The lowest BCUT2D eigenvalue weighted by atomic mass is 10.1. The van der Waals surface area contributed by atoms with Crippen molar-refractivity contribution in [2.45, 2.75) is 85.2 Å². The maximum atomic E-state index is 12.5. The number of hydrogen-bond acceptors (Lipinski definition) is 3. The van der Waals surface area contributed by atoms with Gasteiger partial charge in [0, 0.05) is 11.5 Å². The van der Waals surface area contributed by atoms with Crippen LogP contribution in [0.2, 0.25) is 0 Å². The van der Waals surface area contributed by atoms with Crippen molar-refractivity contribution in [2.75, 3.05) is 26.2 Å². The van der Waals surface area contributed by atoms with Crippen LogP contribution >= 0.6 is 0 Å². The molecule has 188 valence electrons. The molecule has 33 heavy (non-hydrogen) atoms. The first-order valence-corrected chi connectivity index (χ1v) is 12.3. The minimum atomic E-state index is -4.65. The Bertz CT molecular complexity index is 840. The zero-order chi connectivity index (χ0) is 24.9. The van der Waals surface area contributed by atoms with Crippen molar-refractivity contribution in [2.24, 2.45) is 0 Å². The van der Waals surface area contributed by atoms with Gasteiger partial charge < -0.3 is 14.0 Å². The van der Waals surface area contributed by atoms with Gasteiger partial charge in [-0.2, -0.15) is 13.2 Å². The molecule has 1 heterocycles. The van der Waals surface area contributed by atoms with Crippen molar-refractivity contribution in [1.29, 1.82) is 0 Å². The van der Waals surface area contributed by atoms with Gasteiger partial charge in [-0.25, -0.2) is 4.79 Å². The van der Waals surface area contributed by atoms with E-state index in [9.17, 15) is 23.1 Å². The maximum Gasteiger partial charge on any atom is 0.417 e. The second-order valence-corrected chi connectivity index (χ2v) is 8.79. The van der Waals surface area contributed by atoms with Crippen LogP contribution in [0.5, 0.6) is 5.75 Å². The quantitative estimate of drug-likeness (QED) is 0.250. The molecular formula is C26H40F3NO3. The molecule has 0 saturated heterocycles. The summed E-state index contributed by atoms with van der Waals surface area (Å²) >= 11 is 0. The van der Waals surface area contributed by atoms with Crippen molar-refractivity contribution >= 4 is 11.0 Å². The normalized spacial score (nSPS) is 12.0. The predicted octanol–water partition coefficient (Wildman–Crippen LogP) is 6.89. The molecule has 0 aliphatic carbocycles. The van der Waals surface area contributed by atoms with E-state index in [2.05, 4.69) is 32.1 Å². The number of alkyl halides is 3. The van der Waals surface area contributed by atoms with Crippen molar-refractivity contribution in [3.05, 3.63) is 40.2 Å². The Balaban J connectivity index is 0.000000330. The average Bonchev–Trinajstić information content (AvgIpc) is 2.77. The van der Waals surface area contributed by atoms with E-state index in [0.29, 0.717) is 6.07 Å². The van der Waals surface area contributed by atoms with Crippen LogP contribution in [0.1, 0.15) is 84.6 Å². The first-order chi connectivity index (χ1) is 15.6. The van der Waals surface area contributed by atoms with Crippen LogP contribution in [0.25, 0.3) is 11.0 Å². The molecule has 0 fully saturated rings. The molecule has 1 aromatic heterocycles. The largest absolute Gasteiger partial charge is 0.872 e. The summed E-state index contributed by atoms with van der Waals surface area (Å²) in [6.07, 6.45) is 6.41. The smallest absolute Gasteiger partial charge is 0.417 e. The first-order valence-electron chi connectivity index (χ1n) is 12.3. The van der Waals surface area contributed by atoms with Crippen LogP contribution in [0, 0.1) is 0 Å². The zero-order valence-corrected chi connectivity index (χ0v) is 20.6. The maximum absolute atomic E-state index is 12.5. The fourth-order valence-electron chi connectivity index (χ4n) is 4.02. The molecule has 0 atom stereocenters. The van der Waals surface area contributed by atoms with E-state index in [1.165, 1.54) is 82.0 Å². The van der Waals surface area contributed by atoms with Crippen molar-refractivity contribution in [3.8, 4) is 5.75 Å². The van der Waals surface area contributed by atoms with Crippen LogP contribution in [-0.4, -0.2) is 30.7 Å². The summed E-state index contributed by atoms with van der Waals surface area (Å²) in [5, 5.41) is 10.6. The predicted molar refractivity (Wildman–Crippen MR) is 126 cm³/mol. The third kappa shape index (κ3) is 9.78. The summed E-state index contributed by atoms with van der Waals surface area (Å²) in [6, 6.07) is 3.19. The molecular weight excluding hydrogens is 431 g/mol. The van der Waals surface area contributed by atoms with Crippen LogP contribution in [0.4, 0.5) is 13.2 Å². The van der Waals surface area contributed by atoms with E-state index in [4.69, 9.17) is 0 Å². The van der Waals surface area contributed by atoms with Gasteiger partial charge in [-0.3, -0.25) is 0 Å². The average molecular weight is 472 g/mol. The Labute approximate surface area is 196 Å². The number of nitrogens with zero attached hydrogens (tertiary/aromatic N) is 1. The van der Waals surface area contributed by atoms with Gasteiger partial charge in [0.25, 0.3) is 0 Å². The van der Waals surface area contributed by atoms with Crippen molar-refractivity contribution in [3.63, 3.8) is 0 Å². The highest BCUT2D eigenvalue weighted by Gasteiger charge is 2.33. The zero-order valence-electron chi connectivity index (χ0n) is 20.6. The molecule has 0 unspecified atom stereocenters. The van der Waals surface area contributed by atoms with E-state index in [0.717, 1.165) is 18.2 Å². The highest BCUT2D eigenvalue weighted by atomic mass is 19.4. The fourth-order valence-corrected chi connectivity index (χ4v) is 4.02. The Morgan fingerprint density at radius 1 is 0.818 bits per heavy atom. The summed E-state index contributed by atoms with van der Waals surface area (Å²) in [7, 11) is 0. The second-order valence-electron chi connectivity index (χ2n) is 8.79. The lowest BCUT2D eigenvalue weighted by molar-refractivity contribution is -0.929. The lowest BCUT2D eigenvalue weighted by Crippen LogP contribution is -2.50. The van der Waals surface area contributed by atoms with Gasteiger partial charge in [-0.05, 0) is 31.7 Å². The third-order valence-corrected chi connectivity index (χ3v) is 5.97. The van der Waals surface area contributed by atoms with Crippen LogP contribution in [0.15, 0.2) is 33.5 Å². The molecule has 1 aromatic carbocycles. The van der Waals surface area contributed by atoms with Crippen LogP contribution in [0.3, 0.4) is 0 Å². The van der Waals surface area contributed by atoms with Gasteiger partial charge in [0.2, 0.25) is 0 Å². The van der Waals surface area contributed by atoms with E-state index in [-0.39, 0.29) is 11.0 Å². The lowest BCUT2D eigenvalue weighted by Gasteiger charge is -2.39. The van der Waals surface area contributed by atoms with Gasteiger partial charge in [0.15, 0.2) is 0 Å². The summed E-state index contributed by atoms with van der Waals surface area (Å²) < 4.78 is 43.6. The molecule has 2 aromatic rings. The van der Waals surface area contributed by atoms with Crippen LogP contribution < -0.4 is 10.7 Å². The SMILES string of the molecule is CCCC[N+](CCCC)(CCCC)CCCC.O=c1cc(C(F)(F)F)c2ccc([O-])cc2o1. The number of benzene rings is 1. The first kappa shape index (κ1) is 29.0. The summed E-state index contributed by atoms with van der Waals surface area (Å²) in [5.41, 5.74) is -2.59. The molecule has 0 bridgehead atoms. The molecule has 0 N–H and O–H groups in total. The number of fused-ring (bicyclic) bond motifs is 1. The Kier molecular flexibility index (Phi) is 12.6. The molecule has 0 aliphatic heterocycles. The minimum Gasteiger partial charge on any atom is -0.872 e. The second kappa shape index (κ2) is 14.3. The Morgan fingerprint density at radius 2 is 1.27 bits per heavy atom. The van der Waals surface area contributed by atoms with E-state index in [1.54, 1.807) is 0 Å². The molecule has 4 nitrogen and oxygen atoms in total. The monoisotopic (exact) mass is 471 g/mol. The summed E-state index contributed by atoms with van der Waals surface area (Å²) in [5.74, 6) is -0.519. The topological polar surface area (TPSA) is 53.3 Å². The molecule has 0 spiro atoms. The van der Waals surface area contributed by atoms with Gasteiger partial charge in [-0.15, -0.1) is 5.75 Å². The molecule has 7 heteroatoms. The Hall–Kier alpha value is -2.02. The van der Waals surface area contributed by atoms with E-state index < -0.39 is 23.1 Å². The number of halogens is 3. The number of unbranched alkanes of at least 4 members (excludes halogenated alkanes) is 4. The third-order valence-electron chi connectivity index (χ3n) is 5.97. The van der Waals surface area contributed by atoms with Gasteiger partial charge in [0.1, 0.15) is 5.58 Å². The van der Waals surface area contributed by atoms with Gasteiger partial charge >= 0.3 is 11.8 Å². The fraction of sp³-hybridized carbons (Fsp3) is 0.654. The number of hydrogen-bond donors (Lipinski definition) is 0. The molecule has 0 amide bonds. The van der Waals surface area contributed by atoms with Crippen molar-refractivity contribution in [1.82, 2.24) is 0 Å². The van der Waals surface area contributed by atoms with E-state index >= 15 is 0 Å². The van der Waals surface area contributed by atoms with E-state index in [1.807, 2.05) is 0 Å². The molecule has 0 radical (unpaired) electrons. The highest BCUT2D eigenvalue weighted by Crippen LogP contribution is 2.34. The number of quaternary nitrogens is 1. The standard InChI is InChI=1S/C16H36N.C10H5F3O3/c1-5-9-13-17(14-10-6-2,15-11-7-3)16-12-8-4;11-10(12,13)7-4-9(15)16-8-3-5(14)1-2-6(7)8/h5-16H2,1-4H3;1-4,14H/q+1;/p-1. The van der Waals surface area contributed by atoms with Crippen molar-refractivity contribution < 1.29 is 27.2 Å². The molecule has 0 aliphatic rings. The summed E-state index contributed by atoms with van der Waals surface area (Å²) in [4.78, 5) is 10.9. The van der Waals surface area contributed by atoms with Gasteiger partial charge in [-0.1, -0.05) is 65.5 Å². The molecule has 0 saturated carbocycles. The van der Waals surface area contributed by atoms with Gasteiger partial charge in [0.05, 0.1) is 31.7 Å². The Morgan fingerprint density at radius 3 is 1.67 bits per heavy atom.